The molecule has 6 heteroatoms. The van der Waals surface area contributed by atoms with Gasteiger partial charge in [0.1, 0.15) is 5.82 Å². The molecule has 1 aromatic carbocycles. The van der Waals surface area contributed by atoms with E-state index in [9.17, 15) is 8.42 Å². The standard InChI is InChI=1S/C13H16N2O3S/c1-19(17,18)12-5-3-2-4-11(12)10-13-14-6-7-15(13)8-9-16/h2-7,16H,8-10H2,1H3. The largest absolute Gasteiger partial charge is 0.395 e. The predicted molar refractivity (Wildman–Crippen MR) is 71.7 cm³/mol. The zero-order chi connectivity index (χ0) is 13.9. The molecule has 0 amide bonds. The molecule has 0 fully saturated rings. The molecule has 0 radical (unpaired) electrons. The van der Waals surface area contributed by atoms with Crippen LogP contribution >= 0.6 is 0 Å². The van der Waals surface area contributed by atoms with Gasteiger partial charge in [-0.25, -0.2) is 13.4 Å². The molecule has 2 rings (SSSR count). The smallest absolute Gasteiger partial charge is 0.175 e. The number of hydrogen-bond acceptors (Lipinski definition) is 4. The second kappa shape index (κ2) is 5.54. The lowest BCUT2D eigenvalue weighted by Crippen LogP contribution is -2.09. The Hall–Kier alpha value is -1.66. The summed E-state index contributed by atoms with van der Waals surface area (Å²) < 4.78 is 25.3. The van der Waals surface area contributed by atoms with Gasteiger partial charge in [-0.2, -0.15) is 0 Å². The lowest BCUT2D eigenvalue weighted by atomic mass is 10.1. The van der Waals surface area contributed by atoms with E-state index >= 15 is 0 Å². The minimum atomic E-state index is -3.25. The molecule has 0 unspecified atom stereocenters. The van der Waals surface area contributed by atoms with Crippen LogP contribution in [0.25, 0.3) is 0 Å². The molecule has 2 aromatic rings. The van der Waals surface area contributed by atoms with Crippen LogP contribution in [0, 0.1) is 0 Å². The van der Waals surface area contributed by atoms with Crippen molar-refractivity contribution in [2.24, 2.45) is 0 Å². The normalized spacial score (nSPS) is 11.7. The van der Waals surface area contributed by atoms with Crippen LogP contribution in [-0.2, 0) is 22.8 Å². The monoisotopic (exact) mass is 280 g/mol. The highest BCUT2D eigenvalue weighted by Crippen LogP contribution is 2.18. The minimum absolute atomic E-state index is 0.0249. The predicted octanol–water partition coefficient (Wildman–Crippen LogP) is 0.870. The van der Waals surface area contributed by atoms with Crippen molar-refractivity contribution >= 4 is 9.84 Å². The summed E-state index contributed by atoms with van der Waals surface area (Å²) in [5.41, 5.74) is 0.718. The van der Waals surface area contributed by atoms with Crippen molar-refractivity contribution in [1.82, 2.24) is 9.55 Å². The molecule has 1 N–H and O–H groups in total. The number of sulfone groups is 1. The van der Waals surface area contributed by atoms with Crippen molar-refractivity contribution in [1.29, 1.82) is 0 Å². The van der Waals surface area contributed by atoms with Crippen LogP contribution < -0.4 is 0 Å². The maximum absolute atomic E-state index is 11.7. The summed E-state index contributed by atoms with van der Waals surface area (Å²) in [6.07, 6.45) is 5.05. The molecule has 0 aliphatic rings. The zero-order valence-electron chi connectivity index (χ0n) is 10.7. The molecule has 0 bridgehead atoms. The van der Waals surface area contributed by atoms with E-state index in [1.54, 1.807) is 30.6 Å². The summed E-state index contributed by atoms with van der Waals surface area (Å²) in [5, 5.41) is 8.97. The van der Waals surface area contributed by atoms with Crippen molar-refractivity contribution in [2.75, 3.05) is 12.9 Å². The van der Waals surface area contributed by atoms with E-state index in [0.717, 1.165) is 11.4 Å². The van der Waals surface area contributed by atoms with Gasteiger partial charge < -0.3 is 9.67 Å². The Morgan fingerprint density at radius 3 is 2.74 bits per heavy atom. The molecule has 1 heterocycles. The lowest BCUT2D eigenvalue weighted by molar-refractivity contribution is 0.274. The highest BCUT2D eigenvalue weighted by atomic mass is 32.2. The summed E-state index contributed by atoms with van der Waals surface area (Å²) in [6.45, 7) is 0.480. The molecule has 0 aliphatic heterocycles. The molecule has 5 nitrogen and oxygen atoms in total. The summed E-state index contributed by atoms with van der Waals surface area (Å²) in [4.78, 5) is 4.54. The molecule has 0 aliphatic carbocycles. The minimum Gasteiger partial charge on any atom is -0.395 e. The number of rotatable bonds is 5. The topological polar surface area (TPSA) is 72.2 Å². The van der Waals surface area contributed by atoms with E-state index in [0.29, 0.717) is 17.9 Å². The first-order chi connectivity index (χ1) is 9.02. The summed E-state index contributed by atoms with van der Waals surface area (Å²) in [6, 6.07) is 6.90. The molecular weight excluding hydrogens is 264 g/mol. The third-order valence-electron chi connectivity index (χ3n) is 2.86. The quantitative estimate of drug-likeness (QED) is 0.882. The van der Waals surface area contributed by atoms with Gasteiger partial charge in [0.25, 0.3) is 0 Å². The van der Waals surface area contributed by atoms with Gasteiger partial charge in [-0.05, 0) is 11.6 Å². The van der Waals surface area contributed by atoms with Gasteiger partial charge in [-0.1, -0.05) is 18.2 Å². The molecule has 0 saturated carbocycles. The molecule has 0 atom stereocenters. The van der Waals surface area contributed by atoms with Crippen LogP contribution in [0.4, 0.5) is 0 Å². The first-order valence-corrected chi connectivity index (χ1v) is 7.80. The van der Waals surface area contributed by atoms with E-state index in [-0.39, 0.29) is 6.61 Å². The maximum Gasteiger partial charge on any atom is 0.175 e. The molecule has 1 aromatic heterocycles. The summed E-state index contributed by atoms with van der Waals surface area (Å²) in [5.74, 6) is 0.741. The fourth-order valence-electron chi connectivity index (χ4n) is 2.00. The number of aliphatic hydroxyl groups excluding tert-OH is 1. The highest BCUT2D eigenvalue weighted by Gasteiger charge is 2.14. The number of imidazole rings is 1. The Balaban J connectivity index is 2.36. The fraction of sp³-hybridized carbons (Fsp3) is 0.308. The number of hydrogen-bond donors (Lipinski definition) is 1. The Morgan fingerprint density at radius 1 is 1.32 bits per heavy atom. The van der Waals surface area contributed by atoms with Crippen molar-refractivity contribution in [2.45, 2.75) is 17.9 Å². The number of benzene rings is 1. The molecule has 102 valence electrons. The number of nitrogens with zero attached hydrogens (tertiary/aromatic N) is 2. The lowest BCUT2D eigenvalue weighted by Gasteiger charge is -2.09. The van der Waals surface area contributed by atoms with Crippen LogP contribution in [-0.4, -0.2) is 35.9 Å². The average molecular weight is 280 g/mol. The van der Waals surface area contributed by atoms with Gasteiger partial charge in [0.15, 0.2) is 9.84 Å². The van der Waals surface area contributed by atoms with Gasteiger partial charge in [0.05, 0.1) is 11.5 Å². The Morgan fingerprint density at radius 2 is 2.05 bits per heavy atom. The third-order valence-corrected chi connectivity index (χ3v) is 4.06. The number of aliphatic hydroxyl groups is 1. The Kier molecular flexibility index (Phi) is 4.01. The molecule has 0 saturated heterocycles. The van der Waals surface area contributed by atoms with Crippen molar-refractivity contribution < 1.29 is 13.5 Å². The Bertz CT molecular complexity index is 662. The summed E-state index contributed by atoms with van der Waals surface area (Å²) in [7, 11) is -3.25. The van der Waals surface area contributed by atoms with Crippen molar-refractivity contribution in [3.05, 3.63) is 48.0 Å². The van der Waals surface area contributed by atoms with E-state index in [1.807, 2.05) is 10.6 Å². The average Bonchev–Trinajstić information content (AvgIpc) is 2.77. The second-order valence-corrected chi connectivity index (χ2v) is 6.30. The first kappa shape index (κ1) is 13.8. The fourth-order valence-corrected chi connectivity index (χ4v) is 2.94. The van der Waals surface area contributed by atoms with E-state index in [4.69, 9.17) is 5.11 Å². The SMILES string of the molecule is CS(=O)(=O)c1ccccc1Cc1nccn1CCO. The van der Waals surface area contributed by atoms with Gasteiger partial charge >= 0.3 is 0 Å². The van der Waals surface area contributed by atoms with E-state index < -0.39 is 9.84 Å². The third kappa shape index (κ3) is 3.21. The maximum atomic E-state index is 11.7. The van der Waals surface area contributed by atoms with Crippen molar-refractivity contribution in [3.8, 4) is 0 Å². The van der Waals surface area contributed by atoms with Gasteiger partial charge in [-0.15, -0.1) is 0 Å². The van der Waals surface area contributed by atoms with Gasteiger partial charge in [-0.3, -0.25) is 0 Å². The first-order valence-electron chi connectivity index (χ1n) is 5.91. The highest BCUT2D eigenvalue weighted by molar-refractivity contribution is 7.90. The zero-order valence-corrected chi connectivity index (χ0v) is 11.5. The van der Waals surface area contributed by atoms with Crippen molar-refractivity contribution in [3.63, 3.8) is 0 Å². The Labute approximate surface area is 112 Å². The summed E-state index contributed by atoms with van der Waals surface area (Å²) >= 11 is 0. The van der Waals surface area contributed by atoms with Gasteiger partial charge in [0.2, 0.25) is 0 Å². The molecule has 0 spiro atoms. The molecule has 19 heavy (non-hydrogen) atoms. The van der Waals surface area contributed by atoms with Crippen LogP contribution in [0.3, 0.4) is 0 Å². The van der Waals surface area contributed by atoms with Crippen LogP contribution in [0.1, 0.15) is 11.4 Å². The van der Waals surface area contributed by atoms with E-state index in [2.05, 4.69) is 4.98 Å². The van der Waals surface area contributed by atoms with Crippen LogP contribution in [0.2, 0.25) is 0 Å². The van der Waals surface area contributed by atoms with Crippen LogP contribution in [0.15, 0.2) is 41.6 Å². The van der Waals surface area contributed by atoms with Crippen LogP contribution in [0.5, 0.6) is 0 Å². The molecular formula is C13H16N2O3S. The van der Waals surface area contributed by atoms with E-state index in [1.165, 1.54) is 6.26 Å². The van der Waals surface area contributed by atoms with Gasteiger partial charge in [0, 0.05) is 31.6 Å². The number of aromatic nitrogens is 2. The second-order valence-electron chi connectivity index (χ2n) is 4.32.